The Morgan fingerprint density at radius 1 is 1.17 bits per heavy atom. The number of nitrogens with one attached hydrogen (secondary N) is 1. The summed E-state index contributed by atoms with van der Waals surface area (Å²) in [5.74, 6) is 0.945. The fraction of sp³-hybridized carbons (Fsp3) is 0.286. The van der Waals surface area contributed by atoms with E-state index in [0.29, 0.717) is 16.1 Å². The molecule has 0 unspecified atom stereocenters. The molecule has 0 spiro atoms. The van der Waals surface area contributed by atoms with Gasteiger partial charge in [0.1, 0.15) is 5.76 Å². The molecule has 0 atom stereocenters. The first-order valence-electron chi connectivity index (χ1n) is 5.99. The van der Waals surface area contributed by atoms with Crippen molar-refractivity contribution >= 4 is 23.2 Å². The smallest absolute Gasteiger partial charge is 0.125 e. The summed E-state index contributed by atoms with van der Waals surface area (Å²) < 4.78 is 5.53. The fourth-order valence-corrected chi connectivity index (χ4v) is 2.22. The van der Waals surface area contributed by atoms with Crippen molar-refractivity contribution in [3.8, 4) is 11.1 Å². The molecule has 2 aromatic rings. The van der Waals surface area contributed by atoms with E-state index < -0.39 is 0 Å². The Bertz CT molecular complexity index is 561. The third-order valence-electron chi connectivity index (χ3n) is 3.10. The summed E-state index contributed by atoms with van der Waals surface area (Å²) >= 11 is 12.0. The molecule has 0 saturated heterocycles. The zero-order valence-electron chi connectivity index (χ0n) is 9.75. The molecular weight excluding hydrogens is 269 g/mol. The first kappa shape index (κ1) is 12.1. The Hall–Kier alpha value is -0.960. The quantitative estimate of drug-likeness (QED) is 0.892. The molecule has 1 aliphatic rings. The molecule has 0 bridgehead atoms. The number of hydrogen-bond donors (Lipinski definition) is 1. The van der Waals surface area contributed by atoms with Crippen molar-refractivity contribution in [3.63, 3.8) is 0 Å². The topological polar surface area (TPSA) is 25.2 Å². The van der Waals surface area contributed by atoms with E-state index in [4.69, 9.17) is 27.6 Å². The molecule has 1 heterocycles. The van der Waals surface area contributed by atoms with Crippen molar-refractivity contribution in [2.75, 3.05) is 0 Å². The third-order valence-corrected chi connectivity index (χ3v) is 3.84. The van der Waals surface area contributed by atoms with Gasteiger partial charge in [-0.1, -0.05) is 29.3 Å². The normalized spacial score (nSPS) is 15.0. The van der Waals surface area contributed by atoms with Crippen LogP contribution in [-0.2, 0) is 6.54 Å². The Morgan fingerprint density at radius 2 is 2.00 bits per heavy atom. The zero-order chi connectivity index (χ0) is 12.5. The van der Waals surface area contributed by atoms with Crippen LogP contribution in [0.4, 0.5) is 0 Å². The van der Waals surface area contributed by atoms with Crippen LogP contribution in [0.15, 0.2) is 34.9 Å². The van der Waals surface area contributed by atoms with Gasteiger partial charge in [0.25, 0.3) is 0 Å². The predicted molar refractivity (Wildman–Crippen MR) is 74.0 cm³/mol. The molecule has 3 rings (SSSR count). The molecule has 1 aliphatic carbocycles. The first-order chi connectivity index (χ1) is 8.74. The van der Waals surface area contributed by atoms with Crippen LogP contribution in [0.3, 0.4) is 0 Å². The van der Waals surface area contributed by atoms with Crippen LogP contribution >= 0.6 is 23.2 Å². The van der Waals surface area contributed by atoms with Gasteiger partial charge in [-0.3, -0.25) is 0 Å². The lowest BCUT2D eigenvalue weighted by Gasteiger charge is -2.05. The summed E-state index contributed by atoms with van der Waals surface area (Å²) in [6.45, 7) is 0.757. The van der Waals surface area contributed by atoms with Crippen molar-refractivity contribution in [1.82, 2.24) is 5.32 Å². The van der Waals surface area contributed by atoms with E-state index in [2.05, 4.69) is 5.32 Å². The molecule has 1 aromatic heterocycles. The van der Waals surface area contributed by atoms with E-state index in [1.54, 1.807) is 6.26 Å². The minimum absolute atomic E-state index is 0.566. The highest BCUT2D eigenvalue weighted by molar-refractivity contribution is 6.42. The number of rotatable bonds is 4. The van der Waals surface area contributed by atoms with Crippen molar-refractivity contribution in [2.24, 2.45) is 0 Å². The van der Waals surface area contributed by atoms with E-state index >= 15 is 0 Å². The Morgan fingerprint density at radius 3 is 2.72 bits per heavy atom. The standard InChI is InChI=1S/C14H13Cl2NO/c15-12-4-1-9(7-13(12)16)11-5-6-18-14(11)8-17-10-2-3-10/h1,4-7,10,17H,2-3,8H2. The van der Waals surface area contributed by atoms with Crippen LogP contribution in [0, 0.1) is 0 Å². The van der Waals surface area contributed by atoms with E-state index in [1.165, 1.54) is 12.8 Å². The first-order valence-corrected chi connectivity index (χ1v) is 6.75. The van der Waals surface area contributed by atoms with Crippen LogP contribution in [0.5, 0.6) is 0 Å². The summed E-state index contributed by atoms with van der Waals surface area (Å²) in [6, 6.07) is 8.26. The SMILES string of the molecule is Clc1ccc(-c2ccoc2CNC2CC2)cc1Cl. The minimum Gasteiger partial charge on any atom is -0.467 e. The summed E-state index contributed by atoms with van der Waals surface area (Å²) in [4.78, 5) is 0. The Balaban J connectivity index is 1.85. The molecule has 0 amide bonds. The molecule has 0 aliphatic heterocycles. The minimum atomic E-state index is 0.566. The maximum atomic E-state index is 6.04. The monoisotopic (exact) mass is 281 g/mol. The van der Waals surface area contributed by atoms with E-state index in [9.17, 15) is 0 Å². The highest BCUT2D eigenvalue weighted by Gasteiger charge is 2.21. The predicted octanol–water partition coefficient (Wildman–Crippen LogP) is 4.51. The number of hydrogen-bond acceptors (Lipinski definition) is 2. The van der Waals surface area contributed by atoms with Crippen LogP contribution in [0.2, 0.25) is 10.0 Å². The van der Waals surface area contributed by atoms with Crippen LogP contribution in [-0.4, -0.2) is 6.04 Å². The van der Waals surface area contributed by atoms with Crippen molar-refractivity contribution in [3.05, 3.63) is 46.3 Å². The summed E-state index contributed by atoms with van der Waals surface area (Å²) in [7, 11) is 0. The molecule has 0 radical (unpaired) electrons. The maximum Gasteiger partial charge on any atom is 0.125 e. The number of furan rings is 1. The molecule has 4 heteroatoms. The second kappa shape index (κ2) is 4.96. The molecule has 1 fully saturated rings. The lowest BCUT2D eigenvalue weighted by atomic mass is 10.1. The highest BCUT2D eigenvalue weighted by atomic mass is 35.5. The van der Waals surface area contributed by atoms with E-state index in [0.717, 1.165) is 23.4 Å². The van der Waals surface area contributed by atoms with Crippen molar-refractivity contribution in [1.29, 1.82) is 0 Å². The van der Waals surface area contributed by atoms with Crippen LogP contribution < -0.4 is 5.32 Å². The molecular formula is C14H13Cl2NO. The van der Waals surface area contributed by atoms with Gasteiger partial charge in [0, 0.05) is 11.6 Å². The van der Waals surface area contributed by atoms with Gasteiger partial charge >= 0.3 is 0 Å². The average molecular weight is 282 g/mol. The van der Waals surface area contributed by atoms with Gasteiger partial charge in [0.15, 0.2) is 0 Å². The Kier molecular flexibility index (Phi) is 3.33. The fourth-order valence-electron chi connectivity index (χ4n) is 1.92. The second-order valence-electron chi connectivity index (χ2n) is 4.54. The molecule has 1 saturated carbocycles. The summed E-state index contributed by atoms with van der Waals surface area (Å²) in [5, 5.41) is 4.58. The van der Waals surface area contributed by atoms with E-state index in [1.807, 2.05) is 24.3 Å². The van der Waals surface area contributed by atoms with Gasteiger partial charge in [0.05, 0.1) is 22.9 Å². The van der Waals surface area contributed by atoms with Gasteiger partial charge in [-0.2, -0.15) is 0 Å². The second-order valence-corrected chi connectivity index (χ2v) is 5.36. The van der Waals surface area contributed by atoms with Gasteiger partial charge in [-0.25, -0.2) is 0 Å². The molecule has 1 N–H and O–H groups in total. The lowest BCUT2D eigenvalue weighted by molar-refractivity contribution is 0.483. The van der Waals surface area contributed by atoms with Gasteiger partial charge < -0.3 is 9.73 Å². The highest BCUT2D eigenvalue weighted by Crippen LogP contribution is 2.31. The Labute approximate surface area is 116 Å². The van der Waals surface area contributed by atoms with Crippen molar-refractivity contribution < 1.29 is 4.42 Å². The third kappa shape index (κ3) is 2.56. The van der Waals surface area contributed by atoms with Crippen LogP contribution in [0.25, 0.3) is 11.1 Å². The zero-order valence-corrected chi connectivity index (χ0v) is 11.3. The number of halogens is 2. The summed E-state index contributed by atoms with van der Waals surface area (Å²) in [6.07, 6.45) is 4.24. The lowest BCUT2D eigenvalue weighted by Crippen LogP contribution is -2.15. The van der Waals surface area contributed by atoms with Gasteiger partial charge in [0.2, 0.25) is 0 Å². The summed E-state index contributed by atoms with van der Waals surface area (Å²) in [5.41, 5.74) is 2.10. The molecule has 94 valence electrons. The van der Waals surface area contributed by atoms with E-state index in [-0.39, 0.29) is 0 Å². The maximum absolute atomic E-state index is 6.04. The number of benzene rings is 1. The van der Waals surface area contributed by atoms with Crippen LogP contribution in [0.1, 0.15) is 18.6 Å². The molecule has 18 heavy (non-hydrogen) atoms. The largest absolute Gasteiger partial charge is 0.467 e. The van der Waals surface area contributed by atoms with Crippen molar-refractivity contribution in [2.45, 2.75) is 25.4 Å². The van der Waals surface area contributed by atoms with Gasteiger partial charge in [-0.15, -0.1) is 0 Å². The molecule has 1 aromatic carbocycles. The molecule has 2 nitrogen and oxygen atoms in total. The average Bonchev–Trinajstić information content (AvgIpc) is 3.08. The van der Waals surface area contributed by atoms with Gasteiger partial charge in [-0.05, 0) is 36.6 Å².